The van der Waals surface area contributed by atoms with Gasteiger partial charge in [0.05, 0.1) is 11.9 Å². The number of H-pyrrole nitrogens is 1. The van der Waals surface area contributed by atoms with Crippen LogP contribution in [0.1, 0.15) is 0 Å². The van der Waals surface area contributed by atoms with E-state index in [0.717, 1.165) is 0 Å². The van der Waals surface area contributed by atoms with Crippen LogP contribution in [-0.4, -0.2) is 31.8 Å². The van der Waals surface area contributed by atoms with Gasteiger partial charge in [-0.05, 0) is 22.0 Å². The quantitative estimate of drug-likeness (QED) is 0.870. The van der Waals surface area contributed by atoms with Crippen LogP contribution in [0.25, 0.3) is 0 Å². The maximum atomic E-state index is 12.1. The van der Waals surface area contributed by atoms with E-state index in [4.69, 9.17) is 9.47 Å². The van der Waals surface area contributed by atoms with Gasteiger partial charge >= 0.3 is 0 Å². The Morgan fingerprint density at radius 2 is 1.95 bits per heavy atom. The average molecular weight is 360 g/mol. The van der Waals surface area contributed by atoms with E-state index in [-0.39, 0.29) is 5.03 Å². The van der Waals surface area contributed by atoms with Gasteiger partial charge in [-0.3, -0.25) is 9.82 Å². The SMILES string of the molecule is O=S(=O)(Nc1cc2c(cc1Br)OCCO2)c1ccn[nH]1. The molecule has 0 aliphatic carbocycles. The Kier molecular flexibility index (Phi) is 3.30. The molecule has 1 aliphatic heterocycles. The molecule has 0 unspecified atom stereocenters. The number of sulfonamides is 1. The minimum Gasteiger partial charge on any atom is -0.486 e. The maximum Gasteiger partial charge on any atom is 0.278 e. The highest BCUT2D eigenvalue weighted by atomic mass is 79.9. The lowest BCUT2D eigenvalue weighted by atomic mass is 10.2. The molecular formula is C11H10BrN3O4S. The summed E-state index contributed by atoms with van der Waals surface area (Å²) in [4.78, 5) is 0. The smallest absolute Gasteiger partial charge is 0.278 e. The second kappa shape index (κ2) is 4.98. The van der Waals surface area contributed by atoms with Crippen LogP contribution < -0.4 is 14.2 Å². The molecule has 106 valence electrons. The molecular weight excluding hydrogens is 350 g/mol. The predicted octanol–water partition coefficient (Wildman–Crippen LogP) is 1.74. The van der Waals surface area contributed by atoms with Crippen LogP contribution in [0.3, 0.4) is 0 Å². The van der Waals surface area contributed by atoms with Crippen molar-refractivity contribution in [2.24, 2.45) is 0 Å². The maximum absolute atomic E-state index is 12.1. The second-order valence-electron chi connectivity index (χ2n) is 4.00. The molecule has 0 spiro atoms. The lowest BCUT2D eigenvalue weighted by Crippen LogP contribution is -2.17. The average Bonchev–Trinajstić information content (AvgIpc) is 2.94. The van der Waals surface area contributed by atoms with Gasteiger partial charge < -0.3 is 9.47 Å². The zero-order chi connectivity index (χ0) is 14.2. The van der Waals surface area contributed by atoms with Crippen molar-refractivity contribution >= 4 is 31.6 Å². The van der Waals surface area contributed by atoms with Crippen LogP contribution in [0.4, 0.5) is 5.69 Å². The van der Waals surface area contributed by atoms with E-state index in [9.17, 15) is 8.42 Å². The highest BCUT2D eigenvalue weighted by Gasteiger charge is 2.20. The summed E-state index contributed by atoms with van der Waals surface area (Å²) in [5.74, 6) is 1.08. The zero-order valence-corrected chi connectivity index (χ0v) is 12.5. The topological polar surface area (TPSA) is 93.3 Å². The van der Waals surface area contributed by atoms with Crippen molar-refractivity contribution in [2.75, 3.05) is 17.9 Å². The summed E-state index contributed by atoms with van der Waals surface area (Å²) in [6.07, 6.45) is 1.37. The highest BCUT2D eigenvalue weighted by molar-refractivity contribution is 9.10. The lowest BCUT2D eigenvalue weighted by Gasteiger charge is -2.20. The summed E-state index contributed by atoms with van der Waals surface area (Å²) in [6.45, 7) is 0.903. The number of rotatable bonds is 3. The van der Waals surface area contributed by atoms with Gasteiger partial charge in [-0.2, -0.15) is 13.5 Å². The number of aromatic amines is 1. The van der Waals surface area contributed by atoms with Crippen molar-refractivity contribution < 1.29 is 17.9 Å². The molecule has 0 amide bonds. The normalized spacial score (nSPS) is 14.1. The third kappa shape index (κ3) is 2.46. The molecule has 0 saturated carbocycles. The van der Waals surface area contributed by atoms with Crippen molar-refractivity contribution in [1.82, 2.24) is 10.2 Å². The summed E-state index contributed by atoms with van der Waals surface area (Å²) >= 11 is 3.30. The molecule has 3 rings (SSSR count). The minimum atomic E-state index is -3.71. The molecule has 20 heavy (non-hydrogen) atoms. The van der Waals surface area contributed by atoms with Gasteiger partial charge in [0.25, 0.3) is 10.0 Å². The van der Waals surface area contributed by atoms with Crippen molar-refractivity contribution in [2.45, 2.75) is 5.03 Å². The summed E-state index contributed by atoms with van der Waals surface area (Å²) in [5, 5.41) is 6.02. The molecule has 0 saturated heterocycles. The van der Waals surface area contributed by atoms with Gasteiger partial charge in [0.1, 0.15) is 13.2 Å². The molecule has 0 atom stereocenters. The number of anilines is 1. The number of nitrogens with zero attached hydrogens (tertiary/aromatic N) is 1. The first-order valence-corrected chi connectivity index (χ1v) is 7.95. The summed E-state index contributed by atoms with van der Waals surface area (Å²) in [6, 6.07) is 4.61. The number of aromatic nitrogens is 2. The van der Waals surface area contributed by atoms with Crippen molar-refractivity contribution in [1.29, 1.82) is 0 Å². The number of benzene rings is 1. The monoisotopic (exact) mass is 359 g/mol. The number of hydrogen-bond acceptors (Lipinski definition) is 5. The van der Waals surface area contributed by atoms with E-state index in [2.05, 4.69) is 30.8 Å². The molecule has 1 aromatic carbocycles. The molecule has 0 bridgehead atoms. The summed E-state index contributed by atoms with van der Waals surface area (Å²) in [5.41, 5.74) is 0.365. The molecule has 0 radical (unpaired) electrons. The number of nitrogens with one attached hydrogen (secondary N) is 2. The van der Waals surface area contributed by atoms with Gasteiger partial charge in [-0.15, -0.1) is 0 Å². The minimum absolute atomic E-state index is 0.0145. The molecule has 2 N–H and O–H groups in total. The van der Waals surface area contributed by atoms with E-state index in [1.165, 1.54) is 12.3 Å². The lowest BCUT2D eigenvalue weighted by molar-refractivity contribution is 0.171. The Bertz CT molecular complexity index is 730. The van der Waals surface area contributed by atoms with E-state index in [1.807, 2.05) is 0 Å². The first kappa shape index (κ1) is 13.3. The van der Waals surface area contributed by atoms with Crippen LogP contribution in [-0.2, 0) is 10.0 Å². The fraction of sp³-hybridized carbons (Fsp3) is 0.182. The fourth-order valence-corrected chi connectivity index (χ4v) is 3.27. The van der Waals surface area contributed by atoms with Gasteiger partial charge in [0.2, 0.25) is 0 Å². The number of ether oxygens (including phenoxy) is 2. The molecule has 1 aliphatic rings. The van der Waals surface area contributed by atoms with Crippen molar-refractivity contribution in [3.05, 3.63) is 28.9 Å². The predicted molar refractivity (Wildman–Crippen MR) is 74.5 cm³/mol. The van der Waals surface area contributed by atoms with E-state index in [1.54, 1.807) is 12.1 Å². The molecule has 7 nitrogen and oxygen atoms in total. The van der Waals surface area contributed by atoms with Gasteiger partial charge in [0, 0.05) is 16.6 Å². The van der Waals surface area contributed by atoms with Crippen molar-refractivity contribution in [3.8, 4) is 11.5 Å². The first-order chi connectivity index (χ1) is 9.56. The molecule has 0 fully saturated rings. The standard InChI is InChI=1S/C11H10BrN3O4S/c12-7-5-9-10(19-4-3-18-9)6-8(7)15-20(16,17)11-1-2-13-14-11/h1-2,5-6,15H,3-4H2,(H,13,14). The fourth-order valence-electron chi connectivity index (χ4n) is 1.73. The third-order valence-corrected chi connectivity index (χ3v) is 4.59. The number of halogens is 1. The largest absolute Gasteiger partial charge is 0.486 e. The Hall–Kier alpha value is -1.74. The van der Waals surface area contributed by atoms with Crippen LogP contribution in [0, 0.1) is 0 Å². The third-order valence-electron chi connectivity index (χ3n) is 2.64. The van der Waals surface area contributed by atoms with Crippen LogP contribution in [0.15, 0.2) is 33.9 Å². The van der Waals surface area contributed by atoms with Gasteiger partial charge in [-0.25, -0.2) is 0 Å². The number of fused-ring (bicyclic) bond motifs is 1. The van der Waals surface area contributed by atoms with E-state index >= 15 is 0 Å². The Balaban J connectivity index is 1.95. The first-order valence-electron chi connectivity index (χ1n) is 5.67. The molecule has 9 heteroatoms. The Labute approximate surface area is 123 Å². The summed E-state index contributed by atoms with van der Waals surface area (Å²) < 4.78 is 38.1. The van der Waals surface area contributed by atoms with Crippen LogP contribution in [0.5, 0.6) is 11.5 Å². The highest BCUT2D eigenvalue weighted by Crippen LogP contribution is 2.38. The van der Waals surface area contributed by atoms with Gasteiger partial charge in [-0.1, -0.05) is 0 Å². The second-order valence-corrected chi connectivity index (χ2v) is 6.51. The Morgan fingerprint density at radius 3 is 2.60 bits per heavy atom. The van der Waals surface area contributed by atoms with Crippen LogP contribution >= 0.6 is 15.9 Å². The Morgan fingerprint density at radius 1 is 1.25 bits per heavy atom. The van der Waals surface area contributed by atoms with E-state index < -0.39 is 10.0 Å². The van der Waals surface area contributed by atoms with E-state index in [0.29, 0.717) is 34.9 Å². The van der Waals surface area contributed by atoms with Crippen molar-refractivity contribution in [3.63, 3.8) is 0 Å². The molecule has 1 aromatic heterocycles. The van der Waals surface area contributed by atoms with Gasteiger partial charge in [0.15, 0.2) is 16.5 Å². The number of hydrogen-bond donors (Lipinski definition) is 2. The summed E-state index contributed by atoms with van der Waals surface area (Å²) in [7, 11) is -3.71. The van der Waals surface area contributed by atoms with Crippen LogP contribution in [0.2, 0.25) is 0 Å². The molecule has 2 aromatic rings. The molecule has 2 heterocycles. The zero-order valence-electron chi connectivity index (χ0n) is 10.1.